The van der Waals surface area contributed by atoms with Gasteiger partial charge >= 0.3 is 5.97 Å². The first-order chi connectivity index (χ1) is 14.3. The highest BCUT2D eigenvalue weighted by molar-refractivity contribution is 5.96. The quantitative estimate of drug-likeness (QED) is 0.128. The number of aliphatic hydroxyl groups is 1. The zero-order chi connectivity index (χ0) is 24.3. The van der Waals surface area contributed by atoms with Crippen molar-refractivity contribution in [3.05, 3.63) is 0 Å². The first-order valence-corrected chi connectivity index (χ1v) is 9.40. The average molecular weight is 446 g/mol. The van der Waals surface area contributed by atoms with Gasteiger partial charge in [-0.1, -0.05) is 20.3 Å². The zero-order valence-corrected chi connectivity index (χ0v) is 17.3. The first kappa shape index (κ1) is 27.7. The Morgan fingerprint density at radius 1 is 0.839 bits per heavy atom. The Bertz CT molecular complexity index is 700. The van der Waals surface area contributed by atoms with Crippen LogP contribution in [0.25, 0.3) is 0 Å². The van der Waals surface area contributed by atoms with E-state index in [4.69, 9.17) is 17.2 Å². The molecular formula is C17H30N6O8. The Morgan fingerprint density at radius 3 is 1.74 bits per heavy atom. The summed E-state index contributed by atoms with van der Waals surface area (Å²) in [6.07, 6.45) is -0.754. The molecule has 0 saturated heterocycles. The molecule has 0 saturated carbocycles. The molecule has 14 heteroatoms. The van der Waals surface area contributed by atoms with Crippen molar-refractivity contribution in [3.8, 4) is 0 Å². The molecule has 0 aliphatic rings. The maximum Gasteiger partial charge on any atom is 0.326 e. The van der Waals surface area contributed by atoms with Crippen molar-refractivity contribution in [2.45, 2.75) is 57.3 Å². The van der Waals surface area contributed by atoms with E-state index in [0.717, 1.165) is 0 Å². The number of carbonyl (C=O) groups is 6. The van der Waals surface area contributed by atoms with Crippen LogP contribution in [-0.2, 0) is 28.8 Å². The fourth-order valence-corrected chi connectivity index (χ4v) is 2.40. The monoisotopic (exact) mass is 446 g/mol. The fraction of sp³-hybridized carbons (Fsp3) is 0.647. The number of hydrogen-bond acceptors (Lipinski definition) is 8. The van der Waals surface area contributed by atoms with Crippen LogP contribution in [0.5, 0.6) is 0 Å². The van der Waals surface area contributed by atoms with Crippen molar-refractivity contribution >= 4 is 35.5 Å². The van der Waals surface area contributed by atoms with Crippen molar-refractivity contribution < 1.29 is 39.0 Å². The van der Waals surface area contributed by atoms with Gasteiger partial charge in [-0.15, -0.1) is 0 Å². The normalized spacial score (nSPS) is 15.5. The lowest BCUT2D eigenvalue weighted by Gasteiger charge is -2.25. The van der Waals surface area contributed by atoms with E-state index >= 15 is 0 Å². The summed E-state index contributed by atoms with van der Waals surface area (Å²) < 4.78 is 0. The van der Waals surface area contributed by atoms with Gasteiger partial charge < -0.3 is 43.4 Å². The van der Waals surface area contributed by atoms with Crippen molar-refractivity contribution in [3.63, 3.8) is 0 Å². The van der Waals surface area contributed by atoms with E-state index in [-0.39, 0.29) is 0 Å². The highest BCUT2D eigenvalue weighted by Crippen LogP contribution is 2.09. The summed E-state index contributed by atoms with van der Waals surface area (Å²) in [5.41, 5.74) is 15.5. The van der Waals surface area contributed by atoms with Crippen LogP contribution >= 0.6 is 0 Å². The van der Waals surface area contributed by atoms with Crippen LogP contribution in [0.4, 0.5) is 0 Å². The number of nitrogens with one attached hydrogen (secondary N) is 3. The minimum Gasteiger partial charge on any atom is -0.480 e. The minimum atomic E-state index is -1.58. The number of carboxylic acid groups (broad SMARTS) is 1. The molecule has 11 N–H and O–H groups in total. The van der Waals surface area contributed by atoms with Gasteiger partial charge in [-0.3, -0.25) is 24.0 Å². The number of carbonyl (C=O) groups excluding carboxylic acids is 5. The summed E-state index contributed by atoms with van der Waals surface area (Å²) in [4.78, 5) is 70.4. The number of amides is 5. The number of primary amides is 2. The second kappa shape index (κ2) is 13.1. The van der Waals surface area contributed by atoms with E-state index < -0.39 is 85.0 Å². The third kappa shape index (κ3) is 9.86. The van der Waals surface area contributed by atoms with E-state index in [9.17, 15) is 39.0 Å². The van der Waals surface area contributed by atoms with Crippen LogP contribution in [0.3, 0.4) is 0 Å². The minimum absolute atomic E-state index is 0.425. The second-order valence-corrected chi connectivity index (χ2v) is 6.96. The first-order valence-electron chi connectivity index (χ1n) is 9.40. The Kier molecular flexibility index (Phi) is 11.7. The van der Waals surface area contributed by atoms with E-state index in [1.54, 1.807) is 13.8 Å². The predicted molar refractivity (Wildman–Crippen MR) is 106 cm³/mol. The Hall–Kier alpha value is -3.26. The molecule has 0 rings (SSSR count). The van der Waals surface area contributed by atoms with Crippen molar-refractivity contribution in [1.82, 2.24) is 16.0 Å². The van der Waals surface area contributed by atoms with Gasteiger partial charge in [0.2, 0.25) is 29.5 Å². The highest BCUT2D eigenvalue weighted by Gasteiger charge is 2.32. The largest absolute Gasteiger partial charge is 0.480 e. The number of aliphatic hydroxyl groups excluding tert-OH is 1. The second-order valence-electron chi connectivity index (χ2n) is 6.96. The van der Waals surface area contributed by atoms with Crippen LogP contribution in [0.2, 0.25) is 0 Å². The van der Waals surface area contributed by atoms with Crippen LogP contribution in [0, 0.1) is 5.92 Å². The molecule has 0 aliphatic heterocycles. The predicted octanol–water partition coefficient (Wildman–Crippen LogP) is -4.36. The molecule has 14 nitrogen and oxygen atoms in total. The number of hydrogen-bond donors (Lipinski definition) is 8. The molecule has 0 aromatic carbocycles. The van der Waals surface area contributed by atoms with Gasteiger partial charge in [0.05, 0.1) is 25.5 Å². The van der Waals surface area contributed by atoms with Crippen molar-refractivity contribution in [2.75, 3.05) is 6.61 Å². The van der Waals surface area contributed by atoms with Gasteiger partial charge in [0.1, 0.15) is 18.1 Å². The molecule has 5 atom stereocenters. The average Bonchev–Trinajstić information content (AvgIpc) is 2.67. The number of carboxylic acids is 1. The van der Waals surface area contributed by atoms with Crippen LogP contribution in [-0.4, -0.2) is 76.5 Å². The molecule has 0 bridgehead atoms. The third-order valence-electron chi connectivity index (χ3n) is 4.39. The van der Waals surface area contributed by atoms with E-state index in [0.29, 0.717) is 6.42 Å². The van der Waals surface area contributed by atoms with Crippen molar-refractivity contribution in [2.24, 2.45) is 23.1 Å². The van der Waals surface area contributed by atoms with Gasteiger partial charge in [0.15, 0.2) is 0 Å². The smallest absolute Gasteiger partial charge is 0.326 e. The van der Waals surface area contributed by atoms with Gasteiger partial charge in [0, 0.05) is 0 Å². The van der Waals surface area contributed by atoms with E-state index in [2.05, 4.69) is 16.0 Å². The summed E-state index contributed by atoms with van der Waals surface area (Å²) in [6.45, 7) is 2.40. The molecule has 0 aliphatic carbocycles. The van der Waals surface area contributed by atoms with Crippen LogP contribution in [0.15, 0.2) is 0 Å². The molecule has 5 amide bonds. The molecule has 176 valence electrons. The number of rotatable bonds is 14. The highest BCUT2D eigenvalue weighted by atomic mass is 16.4. The Labute approximate surface area is 178 Å². The summed E-state index contributed by atoms with van der Waals surface area (Å²) >= 11 is 0. The molecule has 0 fully saturated rings. The Balaban J connectivity index is 5.34. The molecular weight excluding hydrogens is 416 g/mol. The van der Waals surface area contributed by atoms with Crippen molar-refractivity contribution in [1.29, 1.82) is 0 Å². The molecule has 31 heavy (non-hydrogen) atoms. The number of nitrogens with two attached hydrogens (primary N) is 3. The van der Waals surface area contributed by atoms with Gasteiger partial charge in [0.25, 0.3) is 0 Å². The molecule has 0 aromatic rings. The summed E-state index contributed by atoms with van der Waals surface area (Å²) in [6, 6.07) is -5.82. The zero-order valence-electron chi connectivity index (χ0n) is 17.3. The van der Waals surface area contributed by atoms with Gasteiger partial charge in [-0.2, -0.15) is 0 Å². The van der Waals surface area contributed by atoms with Gasteiger partial charge in [-0.05, 0) is 5.92 Å². The van der Waals surface area contributed by atoms with Crippen LogP contribution in [0.1, 0.15) is 33.1 Å². The summed E-state index contributed by atoms with van der Waals surface area (Å²) in [7, 11) is 0. The Morgan fingerprint density at radius 2 is 1.32 bits per heavy atom. The SMILES string of the molecule is CCC(C)C(NC(=O)C(CC(N)=O)NC(=O)C(CO)NC(=O)C(N)CC(N)=O)C(=O)O. The molecule has 0 aromatic heterocycles. The summed E-state index contributed by atoms with van der Waals surface area (Å²) in [5.74, 6) is -6.62. The number of aliphatic carboxylic acids is 1. The maximum absolute atomic E-state index is 12.5. The topological polar surface area (TPSA) is 257 Å². The lowest BCUT2D eigenvalue weighted by atomic mass is 9.98. The fourth-order valence-electron chi connectivity index (χ4n) is 2.40. The molecule has 5 unspecified atom stereocenters. The lowest BCUT2D eigenvalue weighted by molar-refractivity contribution is -0.144. The molecule has 0 heterocycles. The third-order valence-corrected chi connectivity index (χ3v) is 4.39. The standard InChI is InChI=1S/C17H30N6O8/c1-3-7(2)13(17(30)31)23-15(28)9(5-12(20)26)21-16(29)10(6-24)22-14(27)8(18)4-11(19)25/h7-10,13,24H,3-6,18H2,1-2H3,(H2,19,25)(H2,20,26)(H,21,29)(H,22,27)(H,23,28)(H,30,31). The molecule has 0 radical (unpaired) electrons. The van der Waals surface area contributed by atoms with E-state index in [1.807, 2.05) is 0 Å². The lowest BCUT2D eigenvalue weighted by Crippen LogP contribution is -2.59. The van der Waals surface area contributed by atoms with Crippen LogP contribution < -0.4 is 33.2 Å². The molecule has 0 spiro atoms. The van der Waals surface area contributed by atoms with E-state index in [1.165, 1.54) is 0 Å². The van der Waals surface area contributed by atoms with Gasteiger partial charge in [-0.25, -0.2) is 4.79 Å². The maximum atomic E-state index is 12.5. The summed E-state index contributed by atoms with van der Waals surface area (Å²) in [5, 5.41) is 25.1.